The van der Waals surface area contributed by atoms with Crippen molar-refractivity contribution in [2.75, 3.05) is 18.5 Å². The SMILES string of the molecule is O=C(CCNc1ncccn1)NCc1cccc(OCC(F)(F)F)c1. The summed E-state index contributed by atoms with van der Waals surface area (Å²) in [5, 5.41) is 5.59. The zero-order valence-corrected chi connectivity index (χ0v) is 13.2. The van der Waals surface area contributed by atoms with Gasteiger partial charge in [0.15, 0.2) is 6.61 Å². The number of carbonyl (C=O) groups is 1. The van der Waals surface area contributed by atoms with E-state index in [-0.39, 0.29) is 24.6 Å². The number of ether oxygens (including phenoxy) is 1. The van der Waals surface area contributed by atoms with Crippen LogP contribution in [-0.4, -0.2) is 35.2 Å². The van der Waals surface area contributed by atoms with Crippen LogP contribution in [0.15, 0.2) is 42.7 Å². The van der Waals surface area contributed by atoms with E-state index in [0.29, 0.717) is 18.1 Å². The predicted molar refractivity (Wildman–Crippen MR) is 85.0 cm³/mol. The molecular weight excluding hydrogens is 337 g/mol. The maximum atomic E-state index is 12.1. The number of rotatable bonds is 8. The van der Waals surface area contributed by atoms with Crippen LogP contribution in [0.3, 0.4) is 0 Å². The highest BCUT2D eigenvalue weighted by atomic mass is 19.4. The normalized spacial score (nSPS) is 11.0. The van der Waals surface area contributed by atoms with Crippen molar-refractivity contribution in [1.82, 2.24) is 15.3 Å². The number of anilines is 1. The summed E-state index contributed by atoms with van der Waals surface area (Å²) < 4.78 is 41.1. The van der Waals surface area contributed by atoms with Gasteiger partial charge in [-0.1, -0.05) is 12.1 Å². The summed E-state index contributed by atoms with van der Waals surface area (Å²) in [5.41, 5.74) is 0.646. The maximum Gasteiger partial charge on any atom is 0.422 e. The third-order valence-electron chi connectivity index (χ3n) is 2.99. The predicted octanol–water partition coefficient (Wildman–Crippen LogP) is 2.54. The molecule has 0 saturated carbocycles. The summed E-state index contributed by atoms with van der Waals surface area (Å²) in [5.74, 6) is 0.335. The van der Waals surface area contributed by atoms with Gasteiger partial charge >= 0.3 is 6.18 Å². The van der Waals surface area contributed by atoms with E-state index in [2.05, 4.69) is 25.3 Å². The summed E-state index contributed by atoms with van der Waals surface area (Å²) in [7, 11) is 0. The number of carbonyl (C=O) groups excluding carboxylic acids is 1. The van der Waals surface area contributed by atoms with E-state index >= 15 is 0 Å². The minimum absolute atomic E-state index is 0.104. The highest BCUT2D eigenvalue weighted by Gasteiger charge is 2.28. The van der Waals surface area contributed by atoms with Gasteiger partial charge in [0.05, 0.1) is 0 Å². The molecule has 0 saturated heterocycles. The zero-order valence-electron chi connectivity index (χ0n) is 13.2. The van der Waals surface area contributed by atoms with Crippen molar-refractivity contribution < 1.29 is 22.7 Å². The van der Waals surface area contributed by atoms with Crippen LogP contribution in [-0.2, 0) is 11.3 Å². The van der Waals surface area contributed by atoms with Crippen molar-refractivity contribution in [3.8, 4) is 5.75 Å². The number of aromatic nitrogens is 2. The van der Waals surface area contributed by atoms with Crippen LogP contribution < -0.4 is 15.4 Å². The maximum absolute atomic E-state index is 12.1. The van der Waals surface area contributed by atoms with Crippen LogP contribution in [0.25, 0.3) is 0 Å². The average molecular weight is 354 g/mol. The second-order valence-electron chi connectivity index (χ2n) is 5.08. The molecular formula is C16H17F3N4O2. The number of hydrogen-bond acceptors (Lipinski definition) is 5. The molecule has 2 rings (SSSR count). The lowest BCUT2D eigenvalue weighted by Crippen LogP contribution is -2.25. The minimum atomic E-state index is -4.39. The standard InChI is InChI=1S/C16H17F3N4O2/c17-16(18,19)11-25-13-4-1-3-12(9-13)10-23-14(24)5-8-22-15-20-6-2-7-21-15/h1-4,6-7,9H,5,8,10-11H2,(H,23,24)(H,20,21,22). The fraction of sp³-hybridized carbons (Fsp3) is 0.312. The number of nitrogens with one attached hydrogen (secondary N) is 2. The number of nitrogens with zero attached hydrogens (tertiary/aromatic N) is 2. The van der Waals surface area contributed by atoms with Gasteiger partial charge < -0.3 is 15.4 Å². The van der Waals surface area contributed by atoms with Crippen LogP contribution >= 0.6 is 0 Å². The lowest BCUT2D eigenvalue weighted by atomic mass is 10.2. The molecule has 2 N–H and O–H groups in total. The summed E-state index contributed by atoms with van der Waals surface area (Å²) in [4.78, 5) is 19.7. The molecule has 2 aromatic rings. The van der Waals surface area contributed by atoms with Gasteiger partial charge in [0, 0.05) is 31.9 Å². The monoisotopic (exact) mass is 354 g/mol. The largest absolute Gasteiger partial charge is 0.484 e. The zero-order chi connectivity index (χ0) is 18.1. The van der Waals surface area contributed by atoms with E-state index in [1.165, 1.54) is 12.1 Å². The second kappa shape index (κ2) is 8.86. The van der Waals surface area contributed by atoms with Crippen molar-refractivity contribution in [1.29, 1.82) is 0 Å². The highest BCUT2D eigenvalue weighted by Crippen LogP contribution is 2.19. The van der Waals surface area contributed by atoms with E-state index in [1.807, 2.05) is 0 Å². The van der Waals surface area contributed by atoms with Gasteiger partial charge in [-0.15, -0.1) is 0 Å². The van der Waals surface area contributed by atoms with E-state index in [1.54, 1.807) is 30.6 Å². The smallest absolute Gasteiger partial charge is 0.422 e. The van der Waals surface area contributed by atoms with E-state index < -0.39 is 12.8 Å². The van der Waals surface area contributed by atoms with Gasteiger partial charge in [-0.2, -0.15) is 13.2 Å². The first-order chi connectivity index (χ1) is 11.9. The fourth-order valence-electron chi connectivity index (χ4n) is 1.88. The Morgan fingerprint density at radius 3 is 2.64 bits per heavy atom. The summed E-state index contributed by atoms with van der Waals surface area (Å²) >= 11 is 0. The molecule has 0 atom stereocenters. The molecule has 1 heterocycles. The third-order valence-corrected chi connectivity index (χ3v) is 2.99. The van der Waals surface area contributed by atoms with Gasteiger partial charge in [-0.05, 0) is 23.8 Å². The van der Waals surface area contributed by atoms with Crippen molar-refractivity contribution in [3.05, 3.63) is 48.3 Å². The second-order valence-corrected chi connectivity index (χ2v) is 5.08. The van der Waals surface area contributed by atoms with Crippen molar-refractivity contribution in [2.45, 2.75) is 19.1 Å². The van der Waals surface area contributed by atoms with Crippen LogP contribution in [0.4, 0.5) is 19.1 Å². The lowest BCUT2D eigenvalue weighted by Gasteiger charge is -2.11. The molecule has 25 heavy (non-hydrogen) atoms. The molecule has 0 bridgehead atoms. The van der Waals surface area contributed by atoms with Crippen molar-refractivity contribution >= 4 is 11.9 Å². The van der Waals surface area contributed by atoms with E-state index in [0.717, 1.165) is 0 Å². The van der Waals surface area contributed by atoms with Crippen LogP contribution in [0, 0.1) is 0 Å². The Labute approximate surface area is 142 Å². The molecule has 0 unspecified atom stereocenters. The minimum Gasteiger partial charge on any atom is -0.484 e. The number of hydrogen-bond donors (Lipinski definition) is 2. The first-order valence-electron chi connectivity index (χ1n) is 7.48. The Morgan fingerprint density at radius 1 is 1.16 bits per heavy atom. The summed E-state index contributed by atoms with van der Waals surface area (Å²) in [6, 6.07) is 7.84. The van der Waals surface area contributed by atoms with Crippen molar-refractivity contribution in [3.63, 3.8) is 0 Å². The molecule has 0 radical (unpaired) electrons. The Balaban J connectivity index is 1.72. The number of alkyl halides is 3. The fourth-order valence-corrected chi connectivity index (χ4v) is 1.88. The van der Waals surface area contributed by atoms with Crippen molar-refractivity contribution in [2.24, 2.45) is 0 Å². The van der Waals surface area contributed by atoms with E-state index in [4.69, 9.17) is 0 Å². The van der Waals surface area contributed by atoms with Gasteiger partial charge in [0.1, 0.15) is 5.75 Å². The molecule has 0 spiro atoms. The molecule has 9 heteroatoms. The number of amides is 1. The Morgan fingerprint density at radius 2 is 1.92 bits per heavy atom. The molecule has 134 valence electrons. The molecule has 0 fully saturated rings. The molecule has 0 aliphatic rings. The quantitative estimate of drug-likeness (QED) is 0.762. The van der Waals surface area contributed by atoms with Crippen LogP contribution in [0.2, 0.25) is 0 Å². The van der Waals surface area contributed by atoms with Gasteiger partial charge in [-0.3, -0.25) is 4.79 Å². The summed E-state index contributed by atoms with van der Waals surface area (Å²) in [6.07, 6.45) is -1.01. The van der Waals surface area contributed by atoms with E-state index in [9.17, 15) is 18.0 Å². The third kappa shape index (κ3) is 7.51. The van der Waals surface area contributed by atoms with Gasteiger partial charge in [0.2, 0.25) is 11.9 Å². The molecule has 0 aliphatic heterocycles. The topological polar surface area (TPSA) is 76.1 Å². The number of halogens is 3. The van der Waals surface area contributed by atoms with Crippen LogP contribution in [0.1, 0.15) is 12.0 Å². The molecule has 1 aromatic heterocycles. The molecule has 1 amide bonds. The Bertz CT molecular complexity index is 681. The Hall–Kier alpha value is -2.84. The first kappa shape index (κ1) is 18.5. The molecule has 6 nitrogen and oxygen atoms in total. The average Bonchev–Trinajstić information content (AvgIpc) is 2.59. The Kier molecular flexibility index (Phi) is 6.55. The van der Waals surface area contributed by atoms with Gasteiger partial charge in [-0.25, -0.2) is 9.97 Å². The molecule has 0 aliphatic carbocycles. The first-order valence-corrected chi connectivity index (χ1v) is 7.48. The van der Waals surface area contributed by atoms with Crippen LogP contribution in [0.5, 0.6) is 5.75 Å². The van der Waals surface area contributed by atoms with Gasteiger partial charge in [0.25, 0.3) is 0 Å². The number of benzene rings is 1. The molecule has 1 aromatic carbocycles. The summed E-state index contributed by atoms with van der Waals surface area (Å²) in [6.45, 7) is -0.787. The lowest BCUT2D eigenvalue weighted by molar-refractivity contribution is -0.153. The highest BCUT2D eigenvalue weighted by molar-refractivity contribution is 5.76.